The van der Waals surface area contributed by atoms with Gasteiger partial charge in [0.25, 0.3) is 5.56 Å². The molecule has 1 aliphatic rings. The molecule has 5 nitrogen and oxygen atoms in total. The van der Waals surface area contributed by atoms with Crippen molar-refractivity contribution in [2.45, 2.75) is 24.5 Å². The quantitative estimate of drug-likeness (QED) is 0.432. The van der Waals surface area contributed by atoms with Crippen LogP contribution in [0.15, 0.2) is 45.7 Å². The Morgan fingerprint density at radius 3 is 2.61 bits per heavy atom. The van der Waals surface area contributed by atoms with Crippen LogP contribution in [0.2, 0.25) is 0 Å². The molecule has 158 valence electrons. The van der Waals surface area contributed by atoms with E-state index in [4.69, 9.17) is 12.6 Å². The zero-order chi connectivity index (χ0) is 22.5. The molecule has 1 aliphatic heterocycles. The van der Waals surface area contributed by atoms with Crippen LogP contribution in [0.5, 0.6) is 0 Å². The number of likely N-dealkylation sites (N-methyl/N-ethyl adjacent to an activating group) is 1. The maximum absolute atomic E-state index is 13.6. The summed E-state index contributed by atoms with van der Waals surface area (Å²) in [6.45, 7) is 2.49. The lowest BCUT2D eigenvalue weighted by Crippen LogP contribution is -2.43. The first-order valence-electron chi connectivity index (χ1n) is 9.75. The van der Waals surface area contributed by atoms with E-state index >= 15 is 0 Å². The molecule has 9 heteroatoms. The third-order valence-electron chi connectivity index (χ3n) is 5.85. The second kappa shape index (κ2) is 8.44. The summed E-state index contributed by atoms with van der Waals surface area (Å²) in [4.78, 5) is 30.0. The molecule has 2 aromatic carbocycles. The minimum atomic E-state index is -0.902. The Morgan fingerprint density at radius 1 is 1.26 bits per heavy atom. The third kappa shape index (κ3) is 4.02. The first kappa shape index (κ1) is 22.7. The maximum Gasteiger partial charge on any atom is 0.256 e. The van der Waals surface area contributed by atoms with Crippen LogP contribution in [-0.4, -0.2) is 37.3 Å². The van der Waals surface area contributed by atoms with Crippen LogP contribution >= 0.6 is 34.4 Å². The average Bonchev–Trinajstić information content (AvgIpc) is 2.74. The topological polar surface area (TPSA) is 62.4 Å². The van der Waals surface area contributed by atoms with E-state index in [-0.39, 0.29) is 24.1 Å². The molecule has 3 unspecified atom stereocenters. The molecule has 0 aliphatic carbocycles. The second-order valence-electron chi connectivity index (χ2n) is 7.92. The van der Waals surface area contributed by atoms with E-state index in [0.717, 1.165) is 26.5 Å². The predicted octanol–water partition coefficient (Wildman–Crippen LogP) is 3.03. The van der Waals surface area contributed by atoms with E-state index in [1.54, 1.807) is 18.0 Å². The summed E-state index contributed by atoms with van der Waals surface area (Å²) >= 11 is 3.43. The smallest absolute Gasteiger partial charge is 0.256 e. The van der Waals surface area contributed by atoms with Crippen LogP contribution < -0.4 is 11.0 Å². The number of aromatic nitrogens is 1. The standard InChI is InChI=1S/C22H22BBrN2O3P2/c1-11-7-15-14(8-16(11)23)19-17(25-20(15)27)9-29-10-18(19)26(2)21(28)22(30,31)12-3-5-13(24)6-4-12/h3-8,18H,9-10,30-31H2,1-2H3,(H,25,27). The van der Waals surface area contributed by atoms with Crippen molar-refractivity contribution in [1.29, 1.82) is 0 Å². The number of pyridine rings is 1. The molecule has 31 heavy (non-hydrogen) atoms. The molecule has 0 bridgehead atoms. The number of nitrogens with zero attached hydrogens (tertiary/aromatic N) is 1. The largest absolute Gasteiger partial charge is 0.373 e. The van der Waals surface area contributed by atoms with Crippen LogP contribution in [0.25, 0.3) is 10.8 Å². The molecule has 2 radical (unpaired) electrons. The van der Waals surface area contributed by atoms with Crippen molar-refractivity contribution in [2.75, 3.05) is 13.7 Å². The maximum atomic E-state index is 13.6. The molecule has 0 saturated heterocycles. The molecular formula is C22H22BBrN2O3P2. The van der Waals surface area contributed by atoms with Gasteiger partial charge in [-0.2, -0.15) is 0 Å². The zero-order valence-corrected chi connectivity index (χ0v) is 21.1. The number of nitrogens with one attached hydrogen (secondary N) is 1. The van der Waals surface area contributed by atoms with E-state index in [1.165, 1.54) is 0 Å². The number of benzene rings is 2. The van der Waals surface area contributed by atoms with Gasteiger partial charge in [-0.15, -0.1) is 18.5 Å². The van der Waals surface area contributed by atoms with Gasteiger partial charge in [0, 0.05) is 28.2 Å². The number of aromatic amines is 1. The number of aryl methyl sites for hydroxylation is 1. The Bertz CT molecular complexity index is 1240. The molecular weight excluding hydrogens is 493 g/mol. The molecule has 0 fully saturated rings. The molecule has 0 spiro atoms. The van der Waals surface area contributed by atoms with Crippen molar-refractivity contribution in [1.82, 2.24) is 9.88 Å². The van der Waals surface area contributed by atoms with Gasteiger partial charge in [-0.05, 0) is 36.1 Å². The minimum Gasteiger partial charge on any atom is -0.373 e. The van der Waals surface area contributed by atoms with Crippen molar-refractivity contribution in [3.8, 4) is 0 Å². The van der Waals surface area contributed by atoms with E-state index < -0.39 is 4.90 Å². The Kier molecular flexibility index (Phi) is 6.17. The number of carbonyl (C=O) groups is 1. The van der Waals surface area contributed by atoms with Crippen molar-refractivity contribution in [3.63, 3.8) is 0 Å². The van der Waals surface area contributed by atoms with Gasteiger partial charge < -0.3 is 14.6 Å². The van der Waals surface area contributed by atoms with Gasteiger partial charge in [0.15, 0.2) is 0 Å². The summed E-state index contributed by atoms with van der Waals surface area (Å²) in [6, 6.07) is 10.9. The summed E-state index contributed by atoms with van der Waals surface area (Å²) < 4.78 is 6.70. The predicted molar refractivity (Wildman–Crippen MR) is 135 cm³/mol. The molecule has 1 amide bonds. The van der Waals surface area contributed by atoms with Crippen LogP contribution in [0.1, 0.15) is 28.4 Å². The SMILES string of the molecule is [B]c1cc2c3c([nH]c(=O)c2cc1C)COCC3N(C)C(=O)C(P)(P)c1ccc(Br)cc1. The zero-order valence-electron chi connectivity index (χ0n) is 17.2. The van der Waals surface area contributed by atoms with E-state index in [2.05, 4.69) is 39.4 Å². The molecule has 0 saturated carbocycles. The Labute approximate surface area is 195 Å². The van der Waals surface area contributed by atoms with Crippen LogP contribution in [-0.2, 0) is 21.0 Å². The highest BCUT2D eigenvalue weighted by Crippen LogP contribution is 2.43. The number of amides is 1. The van der Waals surface area contributed by atoms with Gasteiger partial charge in [0.2, 0.25) is 5.91 Å². The number of hydrogen-bond donors (Lipinski definition) is 1. The number of hydrogen-bond acceptors (Lipinski definition) is 3. The molecule has 4 rings (SSSR count). The Balaban J connectivity index is 1.81. The number of rotatable bonds is 3. The summed E-state index contributed by atoms with van der Waals surface area (Å²) in [5, 5.41) is 1.32. The van der Waals surface area contributed by atoms with Crippen LogP contribution in [0.4, 0.5) is 0 Å². The minimum absolute atomic E-state index is 0.106. The molecule has 2 heterocycles. The van der Waals surface area contributed by atoms with Gasteiger partial charge in [0.05, 0.1) is 19.3 Å². The first-order valence-corrected chi connectivity index (χ1v) is 11.7. The van der Waals surface area contributed by atoms with Gasteiger partial charge in [-0.3, -0.25) is 9.59 Å². The lowest BCUT2D eigenvalue weighted by atomic mass is 9.86. The molecule has 1 aromatic heterocycles. The third-order valence-corrected chi connectivity index (χ3v) is 7.54. The van der Waals surface area contributed by atoms with Gasteiger partial charge >= 0.3 is 0 Å². The summed E-state index contributed by atoms with van der Waals surface area (Å²) in [6.07, 6.45) is 0. The number of carbonyl (C=O) groups excluding carboxylic acids is 1. The van der Waals surface area contributed by atoms with E-state index in [0.29, 0.717) is 23.1 Å². The number of halogens is 1. The highest BCUT2D eigenvalue weighted by molar-refractivity contribution is 9.10. The highest BCUT2D eigenvalue weighted by atomic mass is 79.9. The van der Waals surface area contributed by atoms with Gasteiger partial charge in [0.1, 0.15) is 12.7 Å². The number of fused-ring (bicyclic) bond motifs is 3. The van der Waals surface area contributed by atoms with Crippen molar-refractivity contribution in [3.05, 3.63) is 73.6 Å². The van der Waals surface area contributed by atoms with Gasteiger partial charge in [-0.25, -0.2) is 0 Å². The summed E-state index contributed by atoms with van der Waals surface area (Å²) in [5.74, 6) is -0.106. The number of H-pyrrole nitrogens is 1. The second-order valence-corrected chi connectivity index (χ2v) is 11.3. The van der Waals surface area contributed by atoms with Crippen molar-refractivity contribution >= 4 is 64.4 Å². The Morgan fingerprint density at radius 2 is 1.94 bits per heavy atom. The van der Waals surface area contributed by atoms with E-state index in [9.17, 15) is 9.59 Å². The van der Waals surface area contributed by atoms with Crippen molar-refractivity contribution in [2.24, 2.45) is 0 Å². The van der Waals surface area contributed by atoms with E-state index in [1.807, 2.05) is 37.3 Å². The van der Waals surface area contributed by atoms with Crippen LogP contribution in [0.3, 0.4) is 0 Å². The molecule has 3 atom stereocenters. The lowest BCUT2D eigenvalue weighted by molar-refractivity contribution is -0.134. The monoisotopic (exact) mass is 514 g/mol. The summed E-state index contributed by atoms with van der Waals surface area (Å²) in [5.41, 5.74) is 3.68. The molecule has 3 aromatic rings. The first-order chi connectivity index (χ1) is 14.6. The van der Waals surface area contributed by atoms with Crippen LogP contribution in [0, 0.1) is 6.92 Å². The lowest BCUT2D eigenvalue weighted by Gasteiger charge is -2.38. The Hall–Kier alpha value is -1.52. The highest BCUT2D eigenvalue weighted by Gasteiger charge is 2.38. The fraction of sp³-hybridized carbons (Fsp3) is 0.273. The normalized spacial score (nSPS) is 16.2. The fourth-order valence-electron chi connectivity index (χ4n) is 4.01. The fourth-order valence-corrected chi connectivity index (χ4v) is 5.06. The van der Waals surface area contributed by atoms with Gasteiger partial charge in [-0.1, -0.05) is 45.2 Å². The average molecular weight is 515 g/mol. The summed E-state index contributed by atoms with van der Waals surface area (Å²) in [7, 11) is 13.2. The van der Waals surface area contributed by atoms with Crippen molar-refractivity contribution < 1.29 is 9.53 Å². The molecule has 1 N–H and O–H groups in total. The number of ether oxygens (including phenoxy) is 1.